The molecule has 0 saturated carbocycles. The van der Waals surface area contributed by atoms with Crippen molar-refractivity contribution < 1.29 is 69.0 Å². The van der Waals surface area contributed by atoms with E-state index < -0.39 is 80.7 Å². The van der Waals surface area contributed by atoms with Gasteiger partial charge in [0.15, 0.2) is 12.6 Å². The van der Waals surface area contributed by atoms with Crippen molar-refractivity contribution >= 4 is 5.97 Å². The second-order valence-electron chi connectivity index (χ2n) is 22.9. The van der Waals surface area contributed by atoms with Crippen molar-refractivity contribution in [1.29, 1.82) is 0 Å². The van der Waals surface area contributed by atoms with Gasteiger partial charge in [-0.1, -0.05) is 230 Å². The lowest BCUT2D eigenvalue weighted by Gasteiger charge is -2.42. The lowest BCUT2D eigenvalue weighted by Crippen LogP contribution is -2.61. The Labute approximate surface area is 480 Å². The molecule has 79 heavy (non-hydrogen) atoms. The highest BCUT2D eigenvalue weighted by atomic mass is 16.7. The van der Waals surface area contributed by atoms with Crippen LogP contribution in [0.25, 0.3) is 0 Å². The smallest absolute Gasteiger partial charge is 0.306 e. The van der Waals surface area contributed by atoms with Crippen molar-refractivity contribution in [1.82, 2.24) is 0 Å². The van der Waals surface area contributed by atoms with Crippen molar-refractivity contribution in [3.05, 3.63) is 36.5 Å². The summed E-state index contributed by atoms with van der Waals surface area (Å²) in [6.07, 6.45) is 46.4. The Balaban J connectivity index is 1.67. The predicted molar refractivity (Wildman–Crippen MR) is 316 cm³/mol. The number of hydrogen-bond donors (Lipinski definition) is 7. The highest BCUT2D eigenvalue weighted by Crippen LogP contribution is 2.27. The molecule has 2 aliphatic rings. The predicted octanol–water partition coefficient (Wildman–Crippen LogP) is 12.9. The van der Waals surface area contributed by atoms with E-state index in [2.05, 4.69) is 50.3 Å². The molecule has 2 aliphatic heterocycles. The van der Waals surface area contributed by atoms with Gasteiger partial charge < -0.3 is 64.2 Å². The van der Waals surface area contributed by atoms with E-state index in [0.29, 0.717) is 13.0 Å². The molecular formula is C65H120O14. The van der Waals surface area contributed by atoms with Crippen LogP contribution in [0.3, 0.4) is 0 Å². The zero-order valence-electron chi connectivity index (χ0n) is 50.1. The van der Waals surface area contributed by atoms with Crippen molar-refractivity contribution in [2.24, 2.45) is 0 Å². The summed E-state index contributed by atoms with van der Waals surface area (Å²) >= 11 is 0. The lowest BCUT2D eigenvalue weighted by molar-refractivity contribution is -0.332. The third-order valence-corrected chi connectivity index (χ3v) is 15.6. The van der Waals surface area contributed by atoms with E-state index in [-0.39, 0.29) is 25.6 Å². The minimum absolute atomic E-state index is 0.0619. The van der Waals surface area contributed by atoms with E-state index in [1.165, 1.54) is 193 Å². The summed E-state index contributed by atoms with van der Waals surface area (Å²) in [5.41, 5.74) is 0. The second kappa shape index (κ2) is 51.8. The van der Waals surface area contributed by atoms with Crippen LogP contribution in [0.15, 0.2) is 36.5 Å². The highest BCUT2D eigenvalue weighted by molar-refractivity contribution is 5.69. The molecule has 0 radical (unpaired) electrons. The number of unbranched alkanes of at least 4 members (excludes halogenated alkanes) is 34. The van der Waals surface area contributed by atoms with Crippen LogP contribution < -0.4 is 0 Å². The average molecular weight is 1130 g/mol. The number of rotatable bonds is 54. The van der Waals surface area contributed by atoms with Gasteiger partial charge in [0.05, 0.1) is 26.4 Å². The van der Waals surface area contributed by atoms with E-state index in [1.807, 2.05) is 0 Å². The van der Waals surface area contributed by atoms with E-state index in [9.17, 15) is 40.5 Å². The van der Waals surface area contributed by atoms with Gasteiger partial charge >= 0.3 is 5.97 Å². The summed E-state index contributed by atoms with van der Waals surface area (Å²) in [5.74, 6) is -0.376. The van der Waals surface area contributed by atoms with Crippen molar-refractivity contribution in [2.75, 3.05) is 33.0 Å². The molecule has 0 bridgehead atoms. The van der Waals surface area contributed by atoms with Gasteiger partial charge in [0, 0.05) is 13.0 Å². The number of aliphatic hydroxyl groups excluding tert-OH is 7. The molecule has 0 aliphatic carbocycles. The first-order valence-electron chi connectivity index (χ1n) is 32.6. The molecule has 14 nitrogen and oxygen atoms in total. The monoisotopic (exact) mass is 1120 g/mol. The number of aliphatic hydroxyl groups is 7. The Morgan fingerprint density at radius 2 is 0.785 bits per heavy atom. The Hall–Kier alpha value is -1.79. The summed E-state index contributed by atoms with van der Waals surface area (Å²) in [6.45, 7) is 3.72. The van der Waals surface area contributed by atoms with Gasteiger partial charge in [0.25, 0.3) is 0 Å². The Morgan fingerprint density at radius 3 is 1.23 bits per heavy atom. The zero-order valence-corrected chi connectivity index (χ0v) is 50.1. The molecule has 2 fully saturated rings. The van der Waals surface area contributed by atoms with Crippen molar-refractivity contribution in [3.8, 4) is 0 Å². The third-order valence-electron chi connectivity index (χ3n) is 15.6. The standard InChI is InChI=1S/C65H120O14/c1-3-5-7-9-11-13-15-17-19-21-23-25-26-27-29-31-33-35-37-39-41-43-45-47-49-74-51-54(52-75-64-63(73)61(71)59(69)56(79-64)53-76-65-62(72)60(70)58(68)55(50-66)78-65)77-57(67)48-46-44-42-40-38-36-34-32-30-28-24-22-20-18-16-14-12-10-8-6-4-2/h16,18,21-24,54-56,58-66,68-73H,3-15,17,19-20,25-53H2,1-2H3/b18-16-,23-21-,24-22-. The van der Waals surface area contributed by atoms with Crippen LogP contribution in [0.4, 0.5) is 0 Å². The van der Waals surface area contributed by atoms with Crippen LogP contribution in [0.2, 0.25) is 0 Å². The molecular weight excluding hydrogens is 1000 g/mol. The molecule has 2 saturated heterocycles. The first kappa shape index (κ1) is 73.3. The highest BCUT2D eigenvalue weighted by Gasteiger charge is 2.47. The summed E-state index contributed by atoms with van der Waals surface area (Å²) in [7, 11) is 0. The van der Waals surface area contributed by atoms with Crippen LogP contribution in [0, 0.1) is 0 Å². The summed E-state index contributed by atoms with van der Waals surface area (Å²) in [4.78, 5) is 13.1. The normalized spacial score (nSPS) is 24.2. The molecule has 11 atom stereocenters. The average Bonchev–Trinajstić information content (AvgIpc) is 3.45. The molecule has 0 aromatic carbocycles. The fourth-order valence-corrected chi connectivity index (χ4v) is 10.4. The first-order valence-corrected chi connectivity index (χ1v) is 32.6. The molecule has 14 heteroatoms. The first-order chi connectivity index (χ1) is 38.6. The van der Waals surface area contributed by atoms with Gasteiger partial charge in [-0.3, -0.25) is 4.79 Å². The van der Waals surface area contributed by atoms with Gasteiger partial charge in [-0.15, -0.1) is 0 Å². The molecule has 0 amide bonds. The number of carbonyl (C=O) groups excluding carboxylic acids is 1. The van der Waals surface area contributed by atoms with E-state index in [0.717, 1.165) is 51.4 Å². The van der Waals surface area contributed by atoms with Crippen molar-refractivity contribution in [2.45, 2.75) is 338 Å². The zero-order chi connectivity index (χ0) is 57.2. The van der Waals surface area contributed by atoms with Gasteiger partial charge in [0.1, 0.15) is 54.9 Å². The molecule has 0 aromatic rings. The third kappa shape index (κ3) is 37.9. The van der Waals surface area contributed by atoms with Gasteiger partial charge in [0.2, 0.25) is 0 Å². The molecule has 0 aromatic heterocycles. The number of allylic oxidation sites excluding steroid dienone is 6. The van der Waals surface area contributed by atoms with Crippen LogP contribution in [0.5, 0.6) is 0 Å². The quantitative estimate of drug-likeness (QED) is 0.0172. The Bertz CT molecular complexity index is 1450. The number of ether oxygens (including phenoxy) is 6. The molecule has 2 rings (SSSR count). The van der Waals surface area contributed by atoms with E-state index in [4.69, 9.17) is 28.4 Å². The Kier molecular flexibility index (Phi) is 48.1. The maximum Gasteiger partial charge on any atom is 0.306 e. The Morgan fingerprint density at radius 1 is 0.418 bits per heavy atom. The van der Waals surface area contributed by atoms with Gasteiger partial charge in [-0.05, 0) is 70.6 Å². The number of carbonyl (C=O) groups is 1. The maximum absolute atomic E-state index is 13.1. The van der Waals surface area contributed by atoms with Crippen LogP contribution >= 0.6 is 0 Å². The SMILES string of the molecule is CCCCCCC/C=C\C/C=C\CCCCCCCCCCCC(=O)OC(COCCCCCCCCCCCCCC/C=C\CCCCCCCCCC)COC1OC(COC2OC(CO)C(O)C(O)C2O)C(O)C(O)C1O. The minimum Gasteiger partial charge on any atom is -0.457 e. The topological polar surface area (TPSA) is 214 Å². The number of hydrogen-bond acceptors (Lipinski definition) is 14. The summed E-state index contributed by atoms with van der Waals surface area (Å²) in [5, 5.41) is 72.5. The summed E-state index contributed by atoms with van der Waals surface area (Å²) in [6, 6.07) is 0. The van der Waals surface area contributed by atoms with Gasteiger partial charge in [-0.2, -0.15) is 0 Å². The van der Waals surface area contributed by atoms with E-state index >= 15 is 0 Å². The lowest BCUT2D eigenvalue weighted by atomic mass is 9.98. The fourth-order valence-electron chi connectivity index (χ4n) is 10.4. The van der Waals surface area contributed by atoms with Crippen LogP contribution in [-0.4, -0.2) is 142 Å². The molecule has 464 valence electrons. The maximum atomic E-state index is 13.1. The largest absolute Gasteiger partial charge is 0.457 e. The van der Waals surface area contributed by atoms with Gasteiger partial charge in [-0.25, -0.2) is 0 Å². The van der Waals surface area contributed by atoms with Crippen LogP contribution in [-0.2, 0) is 33.2 Å². The fraction of sp³-hybridized carbons (Fsp3) is 0.892. The summed E-state index contributed by atoms with van der Waals surface area (Å²) < 4.78 is 34.5. The second-order valence-corrected chi connectivity index (χ2v) is 22.9. The minimum atomic E-state index is -1.71. The molecule has 2 heterocycles. The van der Waals surface area contributed by atoms with Crippen molar-refractivity contribution in [3.63, 3.8) is 0 Å². The van der Waals surface area contributed by atoms with Crippen LogP contribution in [0.1, 0.15) is 271 Å². The van der Waals surface area contributed by atoms with E-state index in [1.54, 1.807) is 0 Å². The molecule has 0 spiro atoms. The molecule has 11 unspecified atom stereocenters. The number of esters is 1. The molecule has 7 N–H and O–H groups in total.